The van der Waals surface area contributed by atoms with Crippen molar-refractivity contribution in [2.75, 3.05) is 0 Å². The van der Waals surface area contributed by atoms with Gasteiger partial charge in [0.1, 0.15) is 0 Å². The minimum absolute atomic E-state index is 0.00618. The first kappa shape index (κ1) is 12.2. The number of carbonyl (C=O) groups excluding carboxylic acids is 1. The lowest BCUT2D eigenvalue weighted by Crippen LogP contribution is -2.38. The van der Waals surface area contributed by atoms with Crippen LogP contribution in [0.2, 0.25) is 0 Å². The van der Waals surface area contributed by atoms with E-state index in [1.807, 2.05) is 50.3 Å². The summed E-state index contributed by atoms with van der Waals surface area (Å²) in [4.78, 5) is 13.9. The minimum atomic E-state index is -0.812. The highest BCUT2D eigenvalue weighted by Gasteiger charge is 2.36. The van der Waals surface area contributed by atoms with Crippen LogP contribution in [0.5, 0.6) is 0 Å². The highest BCUT2D eigenvalue weighted by Crippen LogP contribution is 2.36. The molecule has 0 spiro atoms. The average molecular weight is 249 g/mol. The molecule has 1 aliphatic rings. The molecule has 0 aromatic heterocycles. The molecule has 1 N–H and O–H groups in total. The standard InChI is InChI=1S/C13H15NO2S/c1-9(2)14-12(15)11(17-13(14)16)8-10-6-4-3-5-7-10/h3-9,12,15H,1-2H3/b11-8+. The molecule has 1 aliphatic heterocycles. The molecular formula is C13H15NO2S. The van der Waals surface area contributed by atoms with Crippen LogP contribution in [0.3, 0.4) is 0 Å². The van der Waals surface area contributed by atoms with Crippen molar-refractivity contribution in [3.8, 4) is 0 Å². The Morgan fingerprint density at radius 2 is 2.00 bits per heavy atom. The van der Waals surface area contributed by atoms with Crippen LogP contribution in [-0.2, 0) is 0 Å². The molecule has 1 aromatic rings. The Balaban J connectivity index is 2.25. The van der Waals surface area contributed by atoms with Gasteiger partial charge in [-0.1, -0.05) is 30.3 Å². The Morgan fingerprint density at radius 1 is 1.35 bits per heavy atom. The normalized spacial score (nSPS) is 22.8. The molecule has 0 radical (unpaired) electrons. The second-order valence-corrected chi connectivity index (χ2v) is 5.22. The van der Waals surface area contributed by atoms with Gasteiger partial charge in [-0.2, -0.15) is 0 Å². The molecule has 4 heteroatoms. The molecule has 1 amide bonds. The first-order valence-corrected chi connectivity index (χ1v) is 6.36. The highest BCUT2D eigenvalue weighted by molar-refractivity contribution is 8.17. The van der Waals surface area contributed by atoms with Crippen molar-refractivity contribution in [2.45, 2.75) is 26.1 Å². The van der Waals surface area contributed by atoms with Crippen LogP contribution in [0.4, 0.5) is 4.79 Å². The Hall–Kier alpha value is -1.26. The van der Waals surface area contributed by atoms with Gasteiger partial charge in [0.2, 0.25) is 0 Å². The number of hydrogen-bond acceptors (Lipinski definition) is 3. The van der Waals surface area contributed by atoms with Crippen molar-refractivity contribution in [3.63, 3.8) is 0 Å². The van der Waals surface area contributed by atoms with Crippen LogP contribution in [-0.4, -0.2) is 27.5 Å². The van der Waals surface area contributed by atoms with Crippen molar-refractivity contribution in [1.29, 1.82) is 0 Å². The fourth-order valence-electron chi connectivity index (χ4n) is 1.75. The zero-order valence-corrected chi connectivity index (χ0v) is 10.6. The van der Waals surface area contributed by atoms with Crippen LogP contribution in [0, 0.1) is 0 Å². The predicted molar refractivity (Wildman–Crippen MR) is 70.4 cm³/mol. The Kier molecular flexibility index (Phi) is 3.54. The number of hydrogen-bond donors (Lipinski definition) is 1. The fourth-order valence-corrected chi connectivity index (χ4v) is 2.79. The molecule has 0 bridgehead atoms. The van der Waals surface area contributed by atoms with Gasteiger partial charge in [0.05, 0.1) is 0 Å². The summed E-state index contributed by atoms with van der Waals surface area (Å²) in [7, 11) is 0. The van der Waals surface area contributed by atoms with Gasteiger partial charge in [-0.05, 0) is 37.2 Å². The van der Waals surface area contributed by atoms with Gasteiger partial charge in [0, 0.05) is 10.9 Å². The van der Waals surface area contributed by atoms with Crippen LogP contribution < -0.4 is 0 Å². The minimum Gasteiger partial charge on any atom is -0.369 e. The third kappa shape index (κ3) is 2.53. The number of rotatable bonds is 2. The highest BCUT2D eigenvalue weighted by atomic mass is 32.2. The lowest BCUT2D eigenvalue weighted by atomic mass is 10.2. The van der Waals surface area contributed by atoms with Crippen LogP contribution >= 0.6 is 11.8 Å². The smallest absolute Gasteiger partial charge is 0.288 e. The quantitative estimate of drug-likeness (QED) is 0.876. The van der Waals surface area contributed by atoms with E-state index in [0.717, 1.165) is 17.3 Å². The molecule has 17 heavy (non-hydrogen) atoms. The number of aliphatic hydroxyl groups is 1. The second kappa shape index (κ2) is 4.94. The molecule has 3 nitrogen and oxygen atoms in total. The number of thioether (sulfide) groups is 1. The first-order valence-electron chi connectivity index (χ1n) is 5.54. The number of aliphatic hydroxyl groups excluding tert-OH is 1. The van der Waals surface area contributed by atoms with Crippen LogP contribution in [0.1, 0.15) is 19.4 Å². The first-order chi connectivity index (χ1) is 8.09. The van der Waals surface area contributed by atoms with E-state index in [4.69, 9.17) is 0 Å². The molecule has 0 saturated carbocycles. The van der Waals surface area contributed by atoms with E-state index in [0.29, 0.717) is 4.91 Å². The molecule has 2 rings (SSSR count). The molecule has 1 fully saturated rings. The molecular weight excluding hydrogens is 234 g/mol. The molecule has 1 heterocycles. The summed E-state index contributed by atoms with van der Waals surface area (Å²) in [6, 6.07) is 9.70. The zero-order chi connectivity index (χ0) is 12.4. The van der Waals surface area contributed by atoms with Gasteiger partial charge >= 0.3 is 0 Å². The maximum absolute atomic E-state index is 11.7. The molecule has 1 unspecified atom stereocenters. The predicted octanol–water partition coefficient (Wildman–Crippen LogP) is 2.92. The number of benzene rings is 1. The number of carbonyl (C=O) groups is 1. The van der Waals surface area contributed by atoms with E-state index >= 15 is 0 Å². The van der Waals surface area contributed by atoms with E-state index in [2.05, 4.69) is 0 Å². The van der Waals surface area contributed by atoms with E-state index in [1.54, 1.807) is 0 Å². The molecule has 0 aliphatic carbocycles. The summed E-state index contributed by atoms with van der Waals surface area (Å²) < 4.78 is 0. The Morgan fingerprint density at radius 3 is 2.53 bits per heavy atom. The van der Waals surface area contributed by atoms with Gasteiger partial charge in [-0.15, -0.1) is 0 Å². The summed E-state index contributed by atoms with van der Waals surface area (Å²) in [6.07, 6.45) is 1.04. The van der Waals surface area contributed by atoms with Crippen molar-refractivity contribution in [2.24, 2.45) is 0 Å². The van der Waals surface area contributed by atoms with Gasteiger partial charge in [0.15, 0.2) is 6.23 Å². The van der Waals surface area contributed by atoms with Gasteiger partial charge in [-0.3, -0.25) is 4.79 Å². The lowest BCUT2D eigenvalue weighted by Gasteiger charge is -2.23. The van der Waals surface area contributed by atoms with E-state index in [9.17, 15) is 9.90 Å². The Bertz CT molecular complexity index is 442. The second-order valence-electron chi connectivity index (χ2n) is 4.20. The van der Waals surface area contributed by atoms with Gasteiger partial charge < -0.3 is 10.0 Å². The zero-order valence-electron chi connectivity index (χ0n) is 9.83. The van der Waals surface area contributed by atoms with Crippen LogP contribution in [0.15, 0.2) is 35.2 Å². The SMILES string of the molecule is CC(C)N1C(=O)S/C(=C/c2ccccc2)C1O. The third-order valence-corrected chi connectivity index (χ3v) is 3.55. The Labute approximate surface area is 105 Å². The van der Waals surface area contributed by atoms with Crippen molar-refractivity contribution < 1.29 is 9.90 Å². The molecule has 1 atom stereocenters. The van der Waals surface area contributed by atoms with Gasteiger partial charge in [0.25, 0.3) is 5.24 Å². The average Bonchev–Trinajstić information content (AvgIpc) is 2.55. The van der Waals surface area contributed by atoms with E-state index in [1.165, 1.54) is 4.90 Å². The molecule has 1 aromatic carbocycles. The molecule has 90 valence electrons. The summed E-state index contributed by atoms with van der Waals surface area (Å²) >= 11 is 1.10. The van der Waals surface area contributed by atoms with Crippen LogP contribution in [0.25, 0.3) is 6.08 Å². The summed E-state index contributed by atoms with van der Waals surface area (Å²) in [5.74, 6) is 0. The topological polar surface area (TPSA) is 40.5 Å². The van der Waals surface area contributed by atoms with E-state index in [-0.39, 0.29) is 11.3 Å². The van der Waals surface area contributed by atoms with E-state index < -0.39 is 6.23 Å². The van der Waals surface area contributed by atoms with Crippen molar-refractivity contribution in [3.05, 3.63) is 40.8 Å². The van der Waals surface area contributed by atoms with Crippen molar-refractivity contribution in [1.82, 2.24) is 4.90 Å². The fraction of sp³-hybridized carbons (Fsp3) is 0.308. The van der Waals surface area contributed by atoms with Crippen molar-refractivity contribution >= 4 is 23.1 Å². The lowest BCUT2D eigenvalue weighted by molar-refractivity contribution is 0.0625. The number of nitrogens with zero attached hydrogens (tertiary/aromatic N) is 1. The summed E-state index contributed by atoms with van der Waals surface area (Å²) in [6.45, 7) is 3.79. The van der Waals surface area contributed by atoms with Gasteiger partial charge in [-0.25, -0.2) is 0 Å². The number of amides is 1. The third-order valence-electron chi connectivity index (χ3n) is 2.60. The maximum Gasteiger partial charge on any atom is 0.288 e. The summed E-state index contributed by atoms with van der Waals surface area (Å²) in [5, 5.41) is 9.98. The molecule has 1 saturated heterocycles. The maximum atomic E-state index is 11.7. The summed E-state index contributed by atoms with van der Waals surface area (Å²) in [5.41, 5.74) is 0.993. The monoisotopic (exact) mass is 249 g/mol. The largest absolute Gasteiger partial charge is 0.369 e.